The third-order valence-electron chi connectivity index (χ3n) is 4.43. The van der Waals surface area contributed by atoms with E-state index in [2.05, 4.69) is 46.6 Å². The van der Waals surface area contributed by atoms with Gasteiger partial charge in [0, 0.05) is 29.2 Å². The molecule has 0 bridgehead atoms. The highest BCUT2D eigenvalue weighted by Crippen LogP contribution is 2.33. The average Bonchev–Trinajstić information content (AvgIpc) is 2.64. The van der Waals surface area contributed by atoms with Crippen molar-refractivity contribution in [2.75, 3.05) is 23.8 Å². The molecule has 0 saturated heterocycles. The first-order valence-corrected chi connectivity index (χ1v) is 8.93. The van der Waals surface area contributed by atoms with Crippen molar-refractivity contribution in [2.24, 2.45) is 0 Å². The minimum Gasteiger partial charge on any atom is -0.486 e. The number of benzene rings is 2. The van der Waals surface area contributed by atoms with Crippen molar-refractivity contribution < 1.29 is 9.47 Å². The van der Waals surface area contributed by atoms with E-state index >= 15 is 0 Å². The molecule has 27 heavy (non-hydrogen) atoms. The lowest BCUT2D eigenvalue weighted by molar-refractivity contribution is 0.171. The molecule has 138 valence electrons. The summed E-state index contributed by atoms with van der Waals surface area (Å²) < 4.78 is 11.2. The molecule has 0 aliphatic carbocycles. The van der Waals surface area contributed by atoms with E-state index in [0.29, 0.717) is 25.0 Å². The van der Waals surface area contributed by atoms with Crippen LogP contribution in [0.15, 0.2) is 42.5 Å². The van der Waals surface area contributed by atoms with Crippen molar-refractivity contribution in [2.45, 2.75) is 20.8 Å². The average molecular weight is 362 g/mol. The second-order valence-electron chi connectivity index (χ2n) is 6.63. The molecule has 6 nitrogen and oxygen atoms in total. The highest BCUT2D eigenvalue weighted by molar-refractivity contribution is 5.63. The monoisotopic (exact) mass is 362 g/mol. The Morgan fingerprint density at radius 2 is 1.48 bits per heavy atom. The van der Waals surface area contributed by atoms with Crippen LogP contribution in [0.2, 0.25) is 0 Å². The zero-order chi connectivity index (χ0) is 18.8. The van der Waals surface area contributed by atoms with E-state index in [9.17, 15) is 0 Å². The summed E-state index contributed by atoms with van der Waals surface area (Å²) in [4.78, 5) is 9.07. The molecule has 1 aliphatic rings. The molecule has 4 rings (SSSR count). The van der Waals surface area contributed by atoms with Crippen molar-refractivity contribution >= 4 is 23.1 Å². The summed E-state index contributed by atoms with van der Waals surface area (Å²) in [7, 11) is 0. The molecule has 0 saturated carbocycles. The standard InChI is InChI=1S/C21H22N4O2/c1-13-4-5-16(10-14(13)2)24-21-22-15(3)11-20(25-21)23-17-6-7-18-19(12-17)27-9-8-26-18/h4-7,10-12H,8-9H2,1-3H3,(H2,22,23,24,25). The highest BCUT2D eigenvalue weighted by Gasteiger charge is 2.12. The number of anilines is 4. The minimum atomic E-state index is 0.554. The lowest BCUT2D eigenvalue weighted by Crippen LogP contribution is -2.15. The van der Waals surface area contributed by atoms with Gasteiger partial charge < -0.3 is 20.1 Å². The van der Waals surface area contributed by atoms with E-state index in [0.717, 1.165) is 28.6 Å². The van der Waals surface area contributed by atoms with Gasteiger partial charge in [0.05, 0.1) is 0 Å². The number of rotatable bonds is 4. The van der Waals surface area contributed by atoms with Crippen LogP contribution < -0.4 is 20.1 Å². The molecule has 1 aliphatic heterocycles. The maximum atomic E-state index is 5.64. The molecule has 0 unspecified atom stereocenters. The van der Waals surface area contributed by atoms with Gasteiger partial charge in [-0.25, -0.2) is 4.98 Å². The molecule has 1 aromatic heterocycles. The number of aromatic nitrogens is 2. The molecule has 2 N–H and O–H groups in total. The van der Waals surface area contributed by atoms with Crippen LogP contribution in [-0.2, 0) is 0 Å². The Balaban J connectivity index is 1.56. The number of hydrogen-bond donors (Lipinski definition) is 2. The van der Waals surface area contributed by atoms with E-state index in [1.165, 1.54) is 11.1 Å². The van der Waals surface area contributed by atoms with E-state index in [1.54, 1.807) is 0 Å². The van der Waals surface area contributed by atoms with Gasteiger partial charge in [0.2, 0.25) is 5.95 Å². The number of hydrogen-bond acceptors (Lipinski definition) is 6. The largest absolute Gasteiger partial charge is 0.486 e. The van der Waals surface area contributed by atoms with Gasteiger partial charge in [-0.05, 0) is 56.2 Å². The van der Waals surface area contributed by atoms with Crippen molar-refractivity contribution in [3.05, 3.63) is 59.3 Å². The van der Waals surface area contributed by atoms with Crippen LogP contribution in [0.5, 0.6) is 11.5 Å². The Morgan fingerprint density at radius 1 is 0.741 bits per heavy atom. The van der Waals surface area contributed by atoms with Gasteiger partial charge in [0.1, 0.15) is 19.0 Å². The van der Waals surface area contributed by atoms with E-state index in [1.807, 2.05) is 37.3 Å². The number of aryl methyl sites for hydroxylation is 3. The second kappa shape index (κ2) is 7.15. The van der Waals surface area contributed by atoms with Crippen LogP contribution in [0.4, 0.5) is 23.1 Å². The Kier molecular flexibility index (Phi) is 4.54. The summed E-state index contributed by atoms with van der Waals surface area (Å²) in [5, 5.41) is 6.60. The lowest BCUT2D eigenvalue weighted by Gasteiger charge is -2.19. The van der Waals surface area contributed by atoms with Crippen molar-refractivity contribution in [3.8, 4) is 11.5 Å². The SMILES string of the molecule is Cc1cc(Nc2ccc3c(c2)OCCO3)nc(Nc2ccc(C)c(C)c2)n1. The Bertz CT molecular complexity index is 988. The predicted octanol–water partition coefficient (Wildman–Crippen LogP) is 4.66. The Hall–Kier alpha value is -3.28. The molecular formula is C21H22N4O2. The molecule has 2 heterocycles. The van der Waals surface area contributed by atoms with Gasteiger partial charge in [0.25, 0.3) is 0 Å². The van der Waals surface area contributed by atoms with Crippen LogP contribution >= 0.6 is 0 Å². The first-order chi connectivity index (χ1) is 13.1. The fraction of sp³-hybridized carbons (Fsp3) is 0.238. The van der Waals surface area contributed by atoms with Crippen LogP contribution in [0.3, 0.4) is 0 Å². The number of fused-ring (bicyclic) bond motifs is 1. The molecule has 6 heteroatoms. The third kappa shape index (κ3) is 3.95. The minimum absolute atomic E-state index is 0.554. The summed E-state index contributed by atoms with van der Waals surface area (Å²) in [5.41, 5.74) is 5.20. The zero-order valence-electron chi connectivity index (χ0n) is 15.7. The fourth-order valence-electron chi connectivity index (χ4n) is 2.91. The van der Waals surface area contributed by atoms with Crippen molar-refractivity contribution in [3.63, 3.8) is 0 Å². The maximum absolute atomic E-state index is 5.64. The molecule has 0 spiro atoms. The molecule has 2 aromatic carbocycles. The molecule has 0 radical (unpaired) electrons. The van der Waals surface area contributed by atoms with Gasteiger partial charge in [-0.3, -0.25) is 0 Å². The zero-order valence-corrected chi connectivity index (χ0v) is 15.7. The normalized spacial score (nSPS) is 12.6. The molecule has 3 aromatic rings. The number of ether oxygens (including phenoxy) is 2. The third-order valence-corrected chi connectivity index (χ3v) is 4.43. The van der Waals surface area contributed by atoms with E-state index in [-0.39, 0.29) is 0 Å². The van der Waals surface area contributed by atoms with Gasteiger partial charge >= 0.3 is 0 Å². The highest BCUT2D eigenvalue weighted by atomic mass is 16.6. The van der Waals surface area contributed by atoms with Crippen LogP contribution in [-0.4, -0.2) is 23.2 Å². The first-order valence-electron chi connectivity index (χ1n) is 8.93. The topological polar surface area (TPSA) is 68.3 Å². The molecule has 0 amide bonds. The van der Waals surface area contributed by atoms with Crippen LogP contribution in [0.25, 0.3) is 0 Å². The van der Waals surface area contributed by atoms with Gasteiger partial charge in [-0.15, -0.1) is 0 Å². The summed E-state index contributed by atoms with van der Waals surface area (Å²) in [6.07, 6.45) is 0. The first kappa shape index (κ1) is 17.1. The number of nitrogens with one attached hydrogen (secondary N) is 2. The number of nitrogens with zero attached hydrogens (tertiary/aromatic N) is 2. The van der Waals surface area contributed by atoms with E-state index < -0.39 is 0 Å². The molecule has 0 atom stereocenters. The summed E-state index contributed by atoms with van der Waals surface area (Å²) in [6, 6.07) is 13.9. The lowest BCUT2D eigenvalue weighted by atomic mass is 10.1. The summed E-state index contributed by atoms with van der Waals surface area (Å²) >= 11 is 0. The van der Waals surface area contributed by atoms with Gasteiger partial charge in [-0.1, -0.05) is 6.07 Å². The van der Waals surface area contributed by atoms with Crippen molar-refractivity contribution in [1.29, 1.82) is 0 Å². The second-order valence-corrected chi connectivity index (χ2v) is 6.63. The fourth-order valence-corrected chi connectivity index (χ4v) is 2.91. The summed E-state index contributed by atoms with van der Waals surface area (Å²) in [6.45, 7) is 7.28. The van der Waals surface area contributed by atoms with Gasteiger partial charge in [-0.2, -0.15) is 4.98 Å². The van der Waals surface area contributed by atoms with E-state index in [4.69, 9.17) is 9.47 Å². The maximum Gasteiger partial charge on any atom is 0.229 e. The Labute approximate surface area is 158 Å². The van der Waals surface area contributed by atoms with Crippen molar-refractivity contribution in [1.82, 2.24) is 9.97 Å². The van der Waals surface area contributed by atoms with Crippen LogP contribution in [0.1, 0.15) is 16.8 Å². The quantitative estimate of drug-likeness (QED) is 0.703. The predicted molar refractivity (Wildman–Crippen MR) is 107 cm³/mol. The molecular weight excluding hydrogens is 340 g/mol. The molecule has 0 fully saturated rings. The van der Waals surface area contributed by atoms with Crippen LogP contribution in [0, 0.1) is 20.8 Å². The smallest absolute Gasteiger partial charge is 0.229 e. The van der Waals surface area contributed by atoms with Gasteiger partial charge in [0.15, 0.2) is 11.5 Å². The summed E-state index contributed by atoms with van der Waals surface area (Å²) in [5.74, 6) is 2.78. The Morgan fingerprint density at radius 3 is 2.30 bits per heavy atom.